The number of carbonyl (C=O) groups excluding carboxylic acids is 2. The zero-order chi connectivity index (χ0) is 23.8. The molecule has 0 aliphatic carbocycles. The third kappa shape index (κ3) is 6.50. The monoisotopic (exact) mass is 452 g/mol. The molecule has 0 fully saturated rings. The molecule has 33 heavy (non-hydrogen) atoms. The number of hydrogen-bond acceptors (Lipinski definition) is 4. The topological polar surface area (TPSA) is 67.9 Å². The average molecular weight is 453 g/mol. The molecule has 6 nitrogen and oxygen atoms in total. The summed E-state index contributed by atoms with van der Waals surface area (Å²) in [4.78, 5) is 28.3. The van der Waals surface area contributed by atoms with E-state index in [4.69, 9.17) is 9.47 Å². The second-order valence-electron chi connectivity index (χ2n) is 8.67. The Kier molecular flexibility index (Phi) is 8.75. The highest BCUT2D eigenvalue weighted by Crippen LogP contribution is 2.31. The van der Waals surface area contributed by atoms with Gasteiger partial charge in [0.2, 0.25) is 11.8 Å². The van der Waals surface area contributed by atoms with Gasteiger partial charge in [0.1, 0.15) is 19.3 Å². The Morgan fingerprint density at radius 3 is 2.45 bits per heavy atom. The molecule has 0 bridgehead atoms. The van der Waals surface area contributed by atoms with E-state index in [0.29, 0.717) is 39.0 Å². The molecule has 1 heterocycles. The number of nitrogens with zero attached hydrogens (tertiary/aromatic N) is 1. The lowest BCUT2D eigenvalue weighted by Gasteiger charge is -2.32. The van der Waals surface area contributed by atoms with Gasteiger partial charge in [0, 0.05) is 19.0 Å². The Bertz CT molecular complexity index is 959. The highest BCUT2D eigenvalue weighted by molar-refractivity contribution is 5.88. The second-order valence-corrected chi connectivity index (χ2v) is 8.67. The Labute approximate surface area is 197 Å². The molecule has 1 N–H and O–H groups in total. The molecule has 2 atom stereocenters. The van der Waals surface area contributed by atoms with Gasteiger partial charge in [-0.3, -0.25) is 9.59 Å². The minimum Gasteiger partial charge on any atom is -0.486 e. The highest BCUT2D eigenvalue weighted by Gasteiger charge is 2.29. The van der Waals surface area contributed by atoms with Crippen molar-refractivity contribution in [3.8, 4) is 11.5 Å². The average Bonchev–Trinajstić information content (AvgIpc) is 2.83. The normalized spacial score (nSPS) is 14.3. The van der Waals surface area contributed by atoms with E-state index in [-0.39, 0.29) is 17.9 Å². The van der Waals surface area contributed by atoms with Crippen LogP contribution in [0.3, 0.4) is 0 Å². The van der Waals surface area contributed by atoms with E-state index in [0.717, 1.165) is 34.6 Å². The molecule has 2 aromatic rings. The summed E-state index contributed by atoms with van der Waals surface area (Å²) in [6.45, 7) is 9.51. The molecular weight excluding hydrogens is 416 g/mol. The first kappa shape index (κ1) is 24.6. The Balaban J connectivity index is 1.77. The summed E-state index contributed by atoms with van der Waals surface area (Å²) in [5.74, 6) is 1.35. The Hall–Kier alpha value is -3.02. The summed E-state index contributed by atoms with van der Waals surface area (Å²) in [6, 6.07) is 13.4. The van der Waals surface area contributed by atoms with Crippen molar-refractivity contribution in [3.63, 3.8) is 0 Å². The molecule has 1 aliphatic rings. The molecule has 2 amide bonds. The molecule has 2 aromatic carbocycles. The minimum atomic E-state index is -0.508. The number of hydrogen-bond donors (Lipinski definition) is 1. The Morgan fingerprint density at radius 2 is 1.76 bits per heavy atom. The number of nitrogens with one attached hydrogen (secondary N) is 1. The van der Waals surface area contributed by atoms with Crippen LogP contribution in [0.15, 0.2) is 42.5 Å². The fourth-order valence-electron chi connectivity index (χ4n) is 3.97. The quantitative estimate of drug-likeness (QED) is 0.579. The number of carbonyl (C=O) groups is 2. The first-order valence-electron chi connectivity index (χ1n) is 12.0. The molecule has 0 spiro atoms. The van der Waals surface area contributed by atoms with Crippen LogP contribution in [0, 0.1) is 6.92 Å². The summed E-state index contributed by atoms with van der Waals surface area (Å²) in [7, 11) is 0. The maximum atomic E-state index is 13.5. The summed E-state index contributed by atoms with van der Waals surface area (Å²) >= 11 is 0. The van der Waals surface area contributed by atoms with Crippen LogP contribution in [-0.2, 0) is 22.6 Å². The van der Waals surface area contributed by atoms with E-state index in [2.05, 4.69) is 5.32 Å². The van der Waals surface area contributed by atoms with Gasteiger partial charge in [0.25, 0.3) is 0 Å². The number of fused-ring (bicyclic) bond motifs is 1. The lowest BCUT2D eigenvalue weighted by Crippen LogP contribution is -2.50. The van der Waals surface area contributed by atoms with Crippen molar-refractivity contribution in [2.45, 2.75) is 72.0 Å². The first-order chi connectivity index (χ1) is 15.9. The lowest BCUT2D eigenvalue weighted by atomic mass is 10.0. The van der Waals surface area contributed by atoms with Gasteiger partial charge in [-0.2, -0.15) is 0 Å². The van der Waals surface area contributed by atoms with Crippen molar-refractivity contribution >= 4 is 11.8 Å². The first-order valence-corrected chi connectivity index (χ1v) is 12.0. The molecule has 1 aliphatic heterocycles. The van der Waals surface area contributed by atoms with E-state index in [1.54, 1.807) is 4.90 Å². The molecule has 0 radical (unpaired) electrons. The van der Waals surface area contributed by atoms with Crippen molar-refractivity contribution in [3.05, 3.63) is 59.2 Å². The highest BCUT2D eigenvalue weighted by atomic mass is 16.6. The van der Waals surface area contributed by atoms with Gasteiger partial charge in [-0.25, -0.2) is 0 Å². The van der Waals surface area contributed by atoms with Gasteiger partial charge < -0.3 is 19.7 Å². The smallest absolute Gasteiger partial charge is 0.243 e. The second kappa shape index (κ2) is 11.7. The predicted octanol–water partition coefficient (Wildman–Crippen LogP) is 4.42. The van der Waals surface area contributed by atoms with E-state index in [1.807, 2.05) is 70.2 Å². The maximum absolute atomic E-state index is 13.5. The van der Waals surface area contributed by atoms with Gasteiger partial charge in [0.05, 0.1) is 0 Å². The zero-order valence-electron chi connectivity index (χ0n) is 20.2. The summed E-state index contributed by atoms with van der Waals surface area (Å²) in [6.07, 6.45) is 2.30. The van der Waals surface area contributed by atoms with Gasteiger partial charge in [-0.1, -0.05) is 44.2 Å². The molecule has 6 heteroatoms. The van der Waals surface area contributed by atoms with Crippen LogP contribution >= 0.6 is 0 Å². The molecule has 0 unspecified atom stereocenters. The van der Waals surface area contributed by atoms with Crippen LogP contribution in [0.4, 0.5) is 0 Å². The number of amides is 2. The van der Waals surface area contributed by atoms with Crippen molar-refractivity contribution in [1.29, 1.82) is 0 Å². The molecule has 178 valence electrons. The van der Waals surface area contributed by atoms with Crippen molar-refractivity contribution in [1.82, 2.24) is 10.2 Å². The van der Waals surface area contributed by atoms with Crippen LogP contribution in [0.1, 0.15) is 56.7 Å². The third-order valence-electron chi connectivity index (χ3n) is 6.22. The van der Waals surface area contributed by atoms with Crippen LogP contribution in [0.5, 0.6) is 11.5 Å². The van der Waals surface area contributed by atoms with Crippen molar-refractivity contribution < 1.29 is 19.1 Å². The largest absolute Gasteiger partial charge is 0.486 e. The standard InChI is InChI=1S/C27H36N2O4/c1-5-20(4)28-27(31)23(6-2)29(18-22-10-8-7-9-19(22)3)26(30)14-12-21-11-13-24-25(17-21)33-16-15-32-24/h7-11,13,17,20,23H,5-6,12,14-16,18H2,1-4H3,(H,28,31)/t20-,23+/m0/s1. The summed E-state index contributed by atoms with van der Waals surface area (Å²) in [5, 5.41) is 3.06. The molecule has 0 aromatic heterocycles. The van der Waals surface area contributed by atoms with E-state index in [1.165, 1.54) is 0 Å². The third-order valence-corrected chi connectivity index (χ3v) is 6.22. The molecule has 0 saturated carbocycles. The fraction of sp³-hybridized carbons (Fsp3) is 0.481. The number of aryl methyl sites for hydroxylation is 2. The van der Waals surface area contributed by atoms with Gasteiger partial charge >= 0.3 is 0 Å². The number of benzene rings is 2. The molecule has 3 rings (SSSR count). The van der Waals surface area contributed by atoms with Crippen LogP contribution in [-0.4, -0.2) is 42.0 Å². The van der Waals surface area contributed by atoms with Crippen LogP contribution in [0.2, 0.25) is 0 Å². The van der Waals surface area contributed by atoms with Gasteiger partial charge in [-0.05, 0) is 61.9 Å². The van der Waals surface area contributed by atoms with Gasteiger partial charge in [-0.15, -0.1) is 0 Å². The predicted molar refractivity (Wildman–Crippen MR) is 129 cm³/mol. The SMILES string of the molecule is CC[C@H](C(=O)N[C@@H](C)CC)N(Cc1ccccc1C)C(=O)CCc1ccc2c(c1)OCCO2. The number of ether oxygens (including phenoxy) is 2. The molecular formula is C27H36N2O4. The summed E-state index contributed by atoms with van der Waals surface area (Å²) in [5.41, 5.74) is 3.18. The van der Waals surface area contributed by atoms with E-state index < -0.39 is 6.04 Å². The summed E-state index contributed by atoms with van der Waals surface area (Å²) < 4.78 is 11.3. The van der Waals surface area contributed by atoms with Crippen molar-refractivity contribution in [2.75, 3.05) is 13.2 Å². The Morgan fingerprint density at radius 1 is 1.03 bits per heavy atom. The fourth-order valence-corrected chi connectivity index (χ4v) is 3.97. The van der Waals surface area contributed by atoms with E-state index in [9.17, 15) is 9.59 Å². The van der Waals surface area contributed by atoms with E-state index >= 15 is 0 Å². The maximum Gasteiger partial charge on any atom is 0.243 e. The lowest BCUT2D eigenvalue weighted by molar-refractivity contribution is -0.141. The zero-order valence-corrected chi connectivity index (χ0v) is 20.2. The van der Waals surface area contributed by atoms with Crippen LogP contribution in [0.25, 0.3) is 0 Å². The molecule has 0 saturated heterocycles. The van der Waals surface area contributed by atoms with Crippen molar-refractivity contribution in [2.24, 2.45) is 0 Å². The van der Waals surface area contributed by atoms with Crippen LogP contribution < -0.4 is 14.8 Å². The van der Waals surface area contributed by atoms with Gasteiger partial charge in [0.15, 0.2) is 11.5 Å². The minimum absolute atomic E-state index is 0.0284. The number of rotatable bonds is 10.